The monoisotopic (exact) mass is 363 g/mol. The summed E-state index contributed by atoms with van der Waals surface area (Å²) >= 11 is 3.10. The summed E-state index contributed by atoms with van der Waals surface area (Å²) in [6.45, 7) is 1.98. The number of ether oxygens (including phenoxy) is 1. The van der Waals surface area contributed by atoms with Gasteiger partial charge in [0.25, 0.3) is 0 Å². The Labute approximate surface area is 151 Å². The molecule has 0 spiro atoms. The molecule has 1 aliphatic carbocycles. The molecule has 0 aliphatic heterocycles. The molecule has 1 aromatic carbocycles. The van der Waals surface area contributed by atoms with E-state index in [1.165, 1.54) is 0 Å². The standard InChI is InChI=1S/C18H21NO3S2/c1-4-22-16(20)14-10-12(11-19)15(17(23-2)24-3)18(14,21)13-8-6-5-7-9-13/h5-9,14,17,21H,4,10H2,1-3H3/t14-,18+/m0/s1. The molecular weight excluding hydrogens is 342 g/mol. The van der Waals surface area contributed by atoms with E-state index in [9.17, 15) is 15.2 Å². The van der Waals surface area contributed by atoms with Crippen LogP contribution in [0.4, 0.5) is 0 Å². The van der Waals surface area contributed by atoms with Crippen LogP contribution < -0.4 is 0 Å². The van der Waals surface area contributed by atoms with Crippen LogP contribution in [-0.2, 0) is 15.1 Å². The van der Waals surface area contributed by atoms with Crippen molar-refractivity contribution in [3.63, 3.8) is 0 Å². The Hall–Kier alpha value is -1.42. The van der Waals surface area contributed by atoms with Gasteiger partial charge in [0.2, 0.25) is 0 Å². The predicted octanol–water partition coefficient (Wildman–Crippen LogP) is 3.33. The second-order valence-corrected chi connectivity index (χ2v) is 7.63. The third-order valence-electron chi connectivity index (χ3n) is 4.23. The molecule has 6 heteroatoms. The van der Waals surface area contributed by atoms with Crippen LogP contribution in [0.5, 0.6) is 0 Å². The first-order chi connectivity index (χ1) is 11.5. The molecule has 0 fully saturated rings. The third-order valence-corrected chi connectivity index (χ3v) is 6.71. The topological polar surface area (TPSA) is 70.3 Å². The van der Waals surface area contributed by atoms with E-state index in [2.05, 4.69) is 6.07 Å². The fourth-order valence-corrected chi connectivity index (χ4v) is 5.07. The van der Waals surface area contributed by atoms with Crippen LogP contribution in [0, 0.1) is 17.2 Å². The summed E-state index contributed by atoms with van der Waals surface area (Å²) < 4.78 is 5.08. The minimum Gasteiger partial charge on any atom is -0.466 e. The number of esters is 1. The maximum atomic E-state index is 12.5. The average molecular weight is 364 g/mol. The van der Waals surface area contributed by atoms with Gasteiger partial charge in [0.15, 0.2) is 0 Å². The van der Waals surface area contributed by atoms with Crippen LogP contribution in [0.25, 0.3) is 0 Å². The summed E-state index contributed by atoms with van der Waals surface area (Å²) in [5.74, 6) is -1.26. The molecule has 1 aliphatic rings. The van der Waals surface area contributed by atoms with Crippen molar-refractivity contribution in [2.45, 2.75) is 23.5 Å². The van der Waals surface area contributed by atoms with Crippen molar-refractivity contribution in [3.8, 4) is 6.07 Å². The summed E-state index contributed by atoms with van der Waals surface area (Å²) in [5, 5.41) is 21.3. The number of nitriles is 1. The molecule has 0 heterocycles. The lowest BCUT2D eigenvalue weighted by atomic mass is 9.80. The minimum atomic E-state index is -1.52. The van der Waals surface area contributed by atoms with Gasteiger partial charge in [0.05, 0.1) is 23.2 Å². The number of nitrogens with zero attached hydrogens (tertiary/aromatic N) is 1. The number of carbonyl (C=O) groups excluding carboxylic acids is 1. The highest BCUT2D eigenvalue weighted by atomic mass is 32.2. The van der Waals surface area contributed by atoms with E-state index in [0.717, 1.165) is 0 Å². The van der Waals surface area contributed by atoms with Gasteiger partial charge in [-0.05, 0) is 31.4 Å². The van der Waals surface area contributed by atoms with Crippen LogP contribution in [0.3, 0.4) is 0 Å². The maximum Gasteiger partial charge on any atom is 0.312 e. The molecule has 1 aromatic rings. The normalized spacial score (nSPS) is 23.4. The number of allylic oxidation sites excluding steroid dienone is 1. The molecule has 2 rings (SSSR count). The van der Waals surface area contributed by atoms with Gasteiger partial charge in [-0.1, -0.05) is 30.3 Å². The quantitative estimate of drug-likeness (QED) is 0.617. The lowest BCUT2D eigenvalue weighted by Gasteiger charge is -2.35. The molecular formula is C18H21NO3S2. The van der Waals surface area contributed by atoms with Gasteiger partial charge >= 0.3 is 5.97 Å². The fourth-order valence-electron chi connectivity index (χ4n) is 3.18. The summed E-state index contributed by atoms with van der Waals surface area (Å²) in [6.07, 6.45) is 4.08. The van der Waals surface area contributed by atoms with E-state index in [1.807, 2.05) is 30.7 Å². The van der Waals surface area contributed by atoms with Gasteiger partial charge in [0.1, 0.15) is 5.60 Å². The van der Waals surface area contributed by atoms with Crippen LogP contribution in [0.2, 0.25) is 0 Å². The minimum absolute atomic E-state index is 0.107. The Balaban J connectivity index is 2.64. The van der Waals surface area contributed by atoms with Gasteiger partial charge in [-0.25, -0.2) is 0 Å². The summed E-state index contributed by atoms with van der Waals surface area (Å²) in [5.41, 5.74) is 0.202. The molecule has 0 saturated carbocycles. The van der Waals surface area contributed by atoms with Gasteiger partial charge in [-0.3, -0.25) is 4.79 Å². The smallest absolute Gasteiger partial charge is 0.312 e. The Bertz CT molecular complexity index is 665. The third kappa shape index (κ3) is 3.21. The Morgan fingerprint density at radius 2 is 2.04 bits per heavy atom. The zero-order valence-corrected chi connectivity index (χ0v) is 15.6. The molecule has 1 N–H and O–H groups in total. The Morgan fingerprint density at radius 1 is 1.42 bits per heavy atom. The molecule has 0 radical (unpaired) electrons. The molecule has 0 aromatic heterocycles. The number of carbonyl (C=O) groups is 1. The van der Waals surface area contributed by atoms with E-state index in [0.29, 0.717) is 16.7 Å². The largest absolute Gasteiger partial charge is 0.466 e. The number of hydrogen-bond donors (Lipinski definition) is 1. The van der Waals surface area contributed by atoms with Crippen molar-refractivity contribution in [2.75, 3.05) is 19.1 Å². The van der Waals surface area contributed by atoms with E-state index < -0.39 is 17.5 Å². The van der Waals surface area contributed by atoms with Crippen LogP contribution in [-0.4, -0.2) is 34.8 Å². The molecule has 4 nitrogen and oxygen atoms in total. The zero-order chi connectivity index (χ0) is 17.7. The van der Waals surface area contributed by atoms with Crippen molar-refractivity contribution < 1.29 is 14.6 Å². The lowest BCUT2D eigenvalue weighted by Crippen LogP contribution is -2.41. The van der Waals surface area contributed by atoms with E-state index in [1.54, 1.807) is 42.6 Å². The van der Waals surface area contributed by atoms with Gasteiger partial charge in [-0.15, -0.1) is 23.5 Å². The van der Waals surface area contributed by atoms with Crippen molar-refractivity contribution >= 4 is 29.5 Å². The number of hydrogen-bond acceptors (Lipinski definition) is 6. The first-order valence-corrected chi connectivity index (χ1v) is 10.3. The zero-order valence-electron chi connectivity index (χ0n) is 14.0. The predicted molar refractivity (Wildman–Crippen MR) is 98.5 cm³/mol. The van der Waals surface area contributed by atoms with Crippen LogP contribution in [0.15, 0.2) is 41.5 Å². The highest BCUT2D eigenvalue weighted by Crippen LogP contribution is 2.52. The number of thioether (sulfide) groups is 2. The number of benzene rings is 1. The highest BCUT2D eigenvalue weighted by Gasteiger charge is 2.54. The summed E-state index contributed by atoms with van der Waals surface area (Å²) in [7, 11) is 0. The average Bonchev–Trinajstić information content (AvgIpc) is 2.91. The molecule has 0 bridgehead atoms. The van der Waals surface area contributed by atoms with E-state index in [-0.39, 0.29) is 17.6 Å². The van der Waals surface area contributed by atoms with Crippen molar-refractivity contribution in [1.29, 1.82) is 5.26 Å². The molecule has 0 saturated heterocycles. The second-order valence-electron chi connectivity index (χ2n) is 5.45. The first kappa shape index (κ1) is 18.9. The van der Waals surface area contributed by atoms with Gasteiger partial charge < -0.3 is 9.84 Å². The maximum absolute atomic E-state index is 12.5. The first-order valence-electron chi connectivity index (χ1n) is 7.68. The van der Waals surface area contributed by atoms with Crippen molar-refractivity contribution in [2.24, 2.45) is 5.92 Å². The van der Waals surface area contributed by atoms with Crippen LogP contribution >= 0.6 is 23.5 Å². The summed E-state index contributed by atoms with van der Waals surface area (Å²) in [4.78, 5) is 12.5. The number of aliphatic hydroxyl groups is 1. The molecule has 0 unspecified atom stereocenters. The highest BCUT2D eigenvalue weighted by molar-refractivity contribution is 8.16. The number of rotatable bonds is 6. The van der Waals surface area contributed by atoms with Crippen molar-refractivity contribution in [1.82, 2.24) is 0 Å². The molecule has 2 atom stereocenters. The molecule has 24 heavy (non-hydrogen) atoms. The fraction of sp³-hybridized carbons (Fsp3) is 0.444. The van der Waals surface area contributed by atoms with Crippen molar-refractivity contribution in [3.05, 3.63) is 47.0 Å². The Morgan fingerprint density at radius 3 is 2.54 bits per heavy atom. The SMILES string of the molecule is CCOC(=O)[C@@H]1CC(C#N)=C(C(SC)SC)[C@@]1(O)c1ccccc1. The lowest BCUT2D eigenvalue weighted by molar-refractivity contribution is -0.155. The molecule has 0 amide bonds. The van der Waals surface area contributed by atoms with Gasteiger partial charge in [-0.2, -0.15) is 5.26 Å². The second kappa shape index (κ2) is 8.11. The van der Waals surface area contributed by atoms with E-state index >= 15 is 0 Å². The Kier molecular flexibility index (Phi) is 6.39. The molecule has 128 valence electrons. The van der Waals surface area contributed by atoms with Gasteiger partial charge in [0, 0.05) is 11.1 Å². The van der Waals surface area contributed by atoms with E-state index in [4.69, 9.17) is 4.74 Å². The van der Waals surface area contributed by atoms with Crippen LogP contribution in [0.1, 0.15) is 18.9 Å². The summed E-state index contributed by atoms with van der Waals surface area (Å²) in [6, 6.07) is 11.3.